The molecule has 3 heterocycles. The van der Waals surface area contributed by atoms with E-state index in [0.717, 1.165) is 30.6 Å². The zero-order valence-electron chi connectivity index (χ0n) is 15.8. The number of carbonyl (C=O) groups excluding carboxylic acids is 1. The van der Waals surface area contributed by atoms with Crippen LogP contribution in [-0.2, 0) is 13.0 Å². The van der Waals surface area contributed by atoms with Crippen LogP contribution in [0.4, 0.5) is 0 Å². The first-order valence-corrected chi connectivity index (χ1v) is 9.73. The van der Waals surface area contributed by atoms with E-state index in [1.54, 1.807) is 37.4 Å². The normalized spacial score (nSPS) is 13.9. The van der Waals surface area contributed by atoms with E-state index in [2.05, 4.69) is 15.5 Å². The molecule has 0 aliphatic carbocycles. The topological polar surface area (TPSA) is 102 Å². The van der Waals surface area contributed by atoms with Crippen LogP contribution in [0.25, 0.3) is 16.9 Å². The molecule has 0 saturated heterocycles. The first kappa shape index (κ1) is 19.4. The molecule has 1 aliphatic heterocycles. The summed E-state index contributed by atoms with van der Waals surface area (Å²) < 4.78 is 3.10. The number of nitrogens with zero attached hydrogens (tertiary/aromatic N) is 4. The summed E-state index contributed by atoms with van der Waals surface area (Å²) in [7, 11) is 0. The molecule has 1 aliphatic rings. The zero-order chi connectivity index (χ0) is 20.5. The van der Waals surface area contributed by atoms with E-state index in [4.69, 9.17) is 11.6 Å². The highest BCUT2D eigenvalue weighted by molar-refractivity contribution is 6.30. The summed E-state index contributed by atoms with van der Waals surface area (Å²) >= 11 is 5.98. The molecule has 0 spiro atoms. The van der Waals surface area contributed by atoms with Crippen molar-refractivity contribution in [2.24, 2.45) is 0 Å². The van der Waals surface area contributed by atoms with Crippen molar-refractivity contribution in [2.75, 3.05) is 6.61 Å². The SMILES string of the molecule is C[C@@H](CO)NC(=O)c1cc(-c2ccc(Cl)cc2)nn(-c2cnn3c2CCC3)c1=O. The standard InChI is InChI=1S/C20H20ClN5O3/c1-12(11-27)23-19(28)15-9-16(13-4-6-14(21)7-5-13)24-26(20(15)29)18-10-22-25-8-2-3-17(18)25/h4-7,9-10,12,27H,2-3,8,11H2,1H3,(H,23,28)/t12-/m0/s1. The molecule has 4 rings (SSSR count). The predicted molar refractivity (Wildman–Crippen MR) is 108 cm³/mol. The molecule has 0 fully saturated rings. The lowest BCUT2D eigenvalue weighted by Gasteiger charge is -2.13. The highest BCUT2D eigenvalue weighted by atomic mass is 35.5. The van der Waals surface area contributed by atoms with Crippen molar-refractivity contribution in [1.82, 2.24) is 24.9 Å². The number of aryl methyl sites for hydroxylation is 1. The van der Waals surface area contributed by atoms with Gasteiger partial charge < -0.3 is 10.4 Å². The van der Waals surface area contributed by atoms with Crippen molar-refractivity contribution in [1.29, 1.82) is 0 Å². The Morgan fingerprint density at radius 3 is 2.83 bits per heavy atom. The number of nitrogens with one attached hydrogen (secondary N) is 1. The van der Waals surface area contributed by atoms with Gasteiger partial charge in [0, 0.05) is 23.2 Å². The minimum absolute atomic E-state index is 0.0526. The van der Waals surface area contributed by atoms with Crippen LogP contribution in [0.2, 0.25) is 5.02 Å². The molecular weight excluding hydrogens is 394 g/mol. The molecule has 9 heteroatoms. The van der Waals surface area contributed by atoms with Crippen LogP contribution < -0.4 is 10.9 Å². The third-order valence-electron chi connectivity index (χ3n) is 4.89. The Bertz CT molecular complexity index is 1120. The number of aliphatic hydroxyl groups excluding tert-OH is 1. The number of aromatic nitrogens is 4. The molecule has 29 heavy (non-hydrogen) atoms. The second-order valence-electron chi connectivity index (χ2n) is 7.03. The van der Waals surface area contributed by atoms with Crippen LogP contribution in [-0.4, -0.2) is 43.2 Å². The van der Waals surface area contributed by atoms with E-state index in [-0.39, 0.29) is 12.2 Å². The third-order valence-corrected chi connectivity index (χ3v) is 5.14. The van der Waals surface area contributed by atoms with Gasteiger partial charge in [0.25, 0.3) is 11.5 Å². The highest BCUT2D eigenvalue weighted by Gasteiger charge is 2.23. The van der Waals surface area contributed by atoms with Gasteiger partial charge in [0.05, 0.1) is 24.2 Å². The maximum absolute atomic E-state index is 13.1. The Balaban J connectivity index is 1.88. The van der Waals surface area contributed by atoms with Gasteiger partial charge in [-0.05, 0) is 38.0 Å². The van der Waals surface area contributed by atoms with Gasteiger partial charge in [-0.3, -0.25) is 14.3 Å². The van der Waals surface area contributed by atoms with Crippen LogP contribution in [0.3, 0.4) is 0 Å². The lowest BCUT2D eigenvalue weighted by atomic mass is 10.1. The Morgan fingerprint density at radius 1 is 1.34 bits per heavy atom. The minimum Gasteiger partial charge on any atom is -0.394 e. The fourth-order valence-corrected chi connectivity index (χ4v) is 3.48. The number of hydrogen-bond donors (Lipinski definition) is 2. The van der Waals surface area contributed by atoms with Crippen molar-refractivity contribution < 1.29 is 9.90 Å². The van der Waals surface area contributed by atoms with Gasteiger partial charge >= 0.3 is 0 Å². The number of benzene rings is 1. The molecule has 0 saturated carbocycles. The minimum atomic E-state index is -0.563. The second kappa shape index (κ2) is 7.81. The maximum atomic E-state index is 13.1. The van der Waals surface area contributed by atoms with Gasteiger partial charge in [0.15, 0.2) is 0 Å². The van der Waals surface area contributed by atoms with E-state index < -0.39 is 17.5 Å². The van der Waals surface area contributed by atoms with Crippen molar-refractivity contribution in [3.8, 4) is 16.9 Å². The first-order valence-electron chi connectivity index (χ1n) is 9.35. The van der Waals surface area contributed by atoms with Crippen molar-refractivity contribution in [2.45, 2.75) is 32.4 Å². The van der Waals surface area contributed by atoms with Gasteiger partial charge in [-0.1, -0.05) is 23.7 Å². The second-order valence-corrected chi connectivity index (χ2v) is 7.46. The molecule has 2 aromatic heterocycles. The monoisotopic (exact) mass is 413 g/mol. The number of halogens is 1. The lowest BCUT2D eigenvalue weighted by Crippen LogP contribution is -2.39. The molecule has 0 radical (unpaired) electrons. The molecule has 1 atom stereocenters. The average molecular weight is 414 g/mol. The van der Waals surface area contributed by atoms with Crippen molar-refractivity contribution >= 4 is 17.5 Å². The molecular formula is C20H20ClN5O3. The van der Waals surface area contributed by atoms with Gasteiger partial charge in [-0.25, -0.2) is 0 Å². The molecule has 0 unspecified atom stereocenters. The molecule has 150 valence electrons. The number of aliphatic hydroxyl groups is 1. The highest BCUT2D eigenvalue weighted by Crippen LogP contribution is 2.23. The number of rotatable bonds is 5. The van der Waals surface area contributed by atoms with E-state index in [1.165, 1.54) is 10.7 Å². The number of fused-ring (bicyclic) bond motifs is 1. The van der Waals surface area contributed by atoms with E-state index >= 15 is 0 Å². The largest absolute Gasteiger partial charge is 0.394 e. The summed E-state index contributed by atoms with van der Waals surface area (Å²) in [6.45, 7) is 2.22. The van der Waals surface area contributed by atoms with Gasteiger partial charge in [0.2, 0.25) is 0 Å². The molecule has 1 amide bonds. The fourth-order valence-electron chi connectivity index (χ4n) is 3.35. The Hall–Kier alpha value is -2.97. The summed E-state index contributed by atoms with van der Waals surface area (Å²) in [4.78, 5) is 25.9. The van der Waals surface area contributed by atoms with Crippen LogP contribution in [0.1, 0.15) is 29.4 Å². The van der Waals surface area contributed by atoms with Crippen LogP contribution in [0, 0.1) is 0 Å². The van der Waals surface area contributed by atoms with E-state index in [9.17, 15) is 14.7 Å². The molecule has 8 nitrogen and oxygen atoms in total. The quantitative estimate of drug-likeness (QED) is 0.664. The first-order chi connectivity index (χ1) is 14.0. The Morgan fingerprint density at radius 2 is 2.10 bits per heavy atom. The van der Waals surface area contributed by atoms with E-state index in [0.29, 0.717) is 16.4 Å². The van der Waals surface area contributed by atoms with Gasteiger partial charge in [-0.15, -0.1) is 0 Å². The van der Waals surface area contributed by atoms with E-state index in [1.807, 2.05) is 4.68 Å². The number of hydrogen-bond acceptors (Lipinski definition) is 5. The van der Waals surface area contributed by atoms with Gasteiger partial charge in [0.1, 0.15) is 11.3 Å². The van der Waals surface area contributed by atoms with Crippen LogP contribution in [0.5, 0.6) is 0 Å². The Labute approximate surface area is 171 Å². The molecule has 0 bridgehead atoms. The van der Waals surface area contributed by atoms with Gasteiger partial charge in [-0.2, -0.15) is 14.9 Å². The van der Waals surface area contributed by atoms with Crippen molar-refractivity contribution in [3.05, 3.63) is 63.2 Å². The van der Waals surface area contributed by atoms with Crippen molar-refractivity contribution in [3.63, 3.8) is 0 Å². The molecule has 3 aromatic rings. The summed E-state index contributed by atoms with van der Waals surface area (Å²) in [6.07, 6.45) is 3.34. The summed E-state index contributed by atoms with van der Waals surface area (Å²) in [6, 6.07) is 7.98. The maximum Gasteiger partial charge on any atom is 0.284 e. The molecule has 1 aromatic carbocycles. The summed E-state index contributed by atoms with van der Waals surface area (Å²) in [5.41, 5.74) is 2.09. The average Bonchev–Trinajstić information content (AvgIpc) is 3.33. The predicted octanol–water partition coefficient (Wildman–Crippen LogP) is 1.81. The summed E-state index contributed by atoms with van der Waals surface area (Å²) in [5.74, 6) is -0.563. The number of carbonyl (C=O) groups is 1. The lowest BCUT2D eigenvalue weighted by molar-refractivity contribution is 0.0920. The smallest absolute Gasteiger partial charge is 0.284 e. The summed E-state index contributed by atoms with van der Waals surface area (Å²) in [5, 5.41) is 21.3. The van der Waals surface area contributed by atoms with Crippen LogP contribution in [0.15, 0.2) is 41.3 Å². The Kier molecular flexibility index (Phi) is 5.21. The third kappa shape index (κ3) is 3.68. The molecule has 2 N–H and O–H groups in total. The van der Waals surface area contributed by atoms with Crippen LogP contribution >= 0.6 is 11.6 Å². The fraction of sp³-hybridized carbons (Fsp3) is 0.300. The zero-order valence-corrected chi connectivity index (χ0v) is 16.6. The number of amides is 1.